The zero-order valence-electron chi connectivity index (χ0n) is 9.37. The van der Waals surface area contributed by atoms with Crippen LogP contribution >= 0.6 is 0 Å². The van der Waals surface area contributed by atoms with Crippen LogP contribution in [0.25, 0.3) is 0 Å². The molecule has 1 fully saturated rings. The van der Waals surface area contributed by atoms with Gasteiger partial charge in [-0.15, -0.1) is 0 Å². The number of hydrogen-bond acceptors (Lipinski definition) is 2. The van der Waals surface area contributed by atoms with Crippen molar-refractivity contribution < 1.29 is 0 Å². The van der Waals surface area contributed by atoms with E-state index in [1.165, 1.54) is 18.4 Å². The van der Waals surface area contributed by atoms with Crippen molar-refractivity contribution in [3.63, 3.8) is 0 Å². The molecule has 1 aromatic rings. The molecule has 15 heavy (non-hydrogen) atoms. The molecule has 2 rings (SSSR count). The van der Waals surface area contributed by atoms with E-state index < -0.39 is 0 Å². The second-order valence-corrected chi connectivity index (χ2v) is 4.36. The van der Waals surface area contributed by atoms with Crippen LogP contribution in [0, 0.1) is 0 Å². The van der Waals surface area contributed by atoms with Gasteiger partial charge in [-0.3, -0.25) is 0 Å². The standard InChI is InChI=1S/C13H20N2/c1-14-13(10-15-12-7-8-12)9-11-5-3-2-4-6-11/h2-6,12-15H,7-10H2,1H3. The Morgan fingerprint density at radius 2 is 2.00 bits per heavy atom. The van der Waals surface area contributed by atoms with Gasteiger partial charge in [-0.25, -0.2) is 0 Å². The largest absolute Gasteiger partial charge is 0.315 e. The van der Waals surface area contributed by atoms with Crippen molar-refractivity contribution in [2.45, 2.75) is 31.3 Å². The van der Waals surface area contributed by atoms with Gasteiger partial charge >= 0.3 is 0 Å². The third-order valence-electron chi connectivity index (χ3n) is 2.96. The molecular weight excluding hydrogens is 184 g/mol. The first-order valence-corrected chi connectivity index (χ1v) is 5.83. The highest BCUT2D eigenvalue weighted by Crippen LogP contribution is 2.18. The maximum absolute atomic E-state index is 3.57. The average molecular weight is 204 g/mol. The summed E-state index contributed by atoms with van der Waals surface area (Å²) in [5, 5.41) is 6.94. The van der Waals surface area contributed by atoms with Gasteiger partial charge in [0.25, 0.3) is 0 Å². The fourth-order valence-corrected chi connectivity index (χ4v) is 1.77. The Morgan fingerprint density at radius 1 is 1.27 bits per heavy atom. The minimum Gasteiger partial charge on any atom is -0.315 e. The molecule has 1 aliphatic rings. The second kappa shape index (κ2) is 5.29. The summed E-state index contributed by atoms with van der Waals surface area (Å²) in [5.41, 5.74) is 1.41. The van der Waals surface area contributed by atoms with Crippen molar-refractivity contribution in [1.82, 2.24) is 10.6 Å². The predicted octanol–water partition coefficient (Wildman–Crippen LogP) is 1.57. The summed E-state index contributed by atoms with van der Waals surface area (Å²) in [6.45, 7) is 1.08. The zero-order valence-corrected chi connectivity index (χ0v) is 9.37. The molecule has 0 aliphatic heterocycles. The molecule has 1 saturated carbocycles. The number of nitrogens with one attached hydrogen (secondary N) is 2. The van der Waals surface area contributed by atoms with E-state index in [-0.39, 0.29) is 0 Å². The average Bonchev–Trinajstić information content (AvgIpc) is 3.09. The highest BCUT2D eigenvalue weighted by atomic mass is 15.0. The van der Waals surface area contributed by atoms with E-state index in [0.29, 0.717) is 6.04 Å². The Balaban J connectivity index is 1.78. The minimum atomic E-state index is 0.549. The van der Waals surface area contributed by atoms with E-state index in [1.54, 1.807) is 0 Å². The summed E-state index contributed by atoms with van der Waals surface area (Å²) >= 11 is 0. The Hall–Kier alpha value is -0.860. The molecule has 0 amide bonds. The van der Waals surface area contributed by atoms with Gasteiger partial charge in [0.15, 0.2) is 0 Å². The molecule has 2 N–H and O–H groups in total. The lowest BCUT2D eigenvalue weighted by atomic mass is 10.1. The summed E-state index contributed by atoms with van der Waals surface area (Å²) in [7, 11) is 2.04. The van der Waals surface area contributed by atoms with E-state index in [9.17, 15) is 0 Å². The normalized spacial score (nSPS) is 17.7. The lowest BCUT2D eigenvalue weighted by molar-refractivity contribution is 0.504. The first-order chi connectivity index (χ1) is 7.38. The molecule has 0 heterocycles. The number of hydrogen-bond donors (Lipinski definition) is 2. The van der Waals surface area contributed by atoms with Crippen LogP contribution in [0.4, 0.5) is 0 Å². The first kappa shape index (κ1) is 10.7. The molecule has 82 valence electrons. The van der Waals surface area contributed by atoms with Crippen LogP contribution < -0.4 is 10.6 Å². The van der Waals surface area contributed by atoms with Crippen LogP contribution in [0.15, 0.2) is 30.3 Å². The molecule has 2 heteroatoms. The van der Waals surface area contributed by atoms with E-state index in [2.05, 4.69) is 41.0 Å². The summed E-state index contributed by atoms with van der Waals surface area (Å²) in [5.74, 6) is 0. The third kappa shape index (κ3) is 3.65. The molecule has 2 nitrogen and oxygen atoms in total. The molecule has 1 aromatic carbocycles. The quantitative estimate of drug-likeness (QED) is 0.735. The van der Waals surface area contributed by atoms with Crippen molar-refractivity contribution >= 4 is 0 Å². The van der Waals surface area contributed by atoms with Crippen molar-refractivity contribution in [3.8, 4) is 0 Å². The van der Waals surface area contributed by atoms with Crippen LogP contribution in [-0.2, 0) is 6.42 Å². The predicted molar refractivity (Wildman–Crippen MR) is 64.0 cm³/mol. The van der Waals surface area contributed by atoms with Crippen LogP contribution in [0.2, 0.25) is 0 Å². The van der Waals surface area contributed by atoms with E-state index >= 15 is 0 Å². The zero-order chi connectivity index (χ0) is 10.5. The summed E-state index contributed by atoms with van der Waals surface area (Å²) in [4.78, 5) is 0. The maximum atomic E-state index is 3.57. The van der Waals surface area contributed by atoms with Gasteiger partial charge in [0.05, 0.1) is 0 Å². The van der Waals surface area contributed by atoms with Gasteiger partial charge in [0.1, 0.15) is 0 Å². The van der Waals surface area contributed by atoms with Crippen LogP contribution in [-0.4, -0.2) is 25.7 Å². The Kier molecular flexibility index (Phi) is 3.75. The molecular formula is C13H20N2. The molecule has 0 aromatic heterocycles. The van der Waals surface area contributed by atoms with Gasteiger partial charge in [-0.1, -0.05) is 30.3 Å². The molecule has 0 saturated heterocycles. The number of likely N-dealkylation sites (N-methyl/N-ethyl adjacent to an activating group) is 1. The number of benzene rings is 1. The fourth-order valence-electron chi connectivity index (χ4n) is 1.77. The molecule has 1 atom stereocenters. The second-order valence-electron chi connectivity index (χ2n) is 4.36. The van der Waals surface area contributed by atoms with Gasteiger partial charge in [-0.2, -0.15) is 0 Å². The molecule has 0 radical (unpaired) electrons. The Labute approximate surface area is 92.1 Å². The molecule has 0 bridgehead atoms. The number of rotatable bonds is 6. The molecule has 0 spiro atoms. The fraction of sp³-hybridized carbons (Fsp3) is 0.538. The van der Waals surface area contributed by atoms with Crippen molar-refractivity contribution in [2.24, 2.45) is 0 Å². The topological polar surface area (TPSA) is 24.1 Å². The van der Waals surface area contributed by atoms with E-state index in [4.69, 9.17) is 0 Å². The summed E-state index contributed by atoms with van der Waals surface area (Å²) in [6.07, 6.45) is 3.83. The van der Waals surface area contributed by atoms with Crippen LogP contribution in [0.3, 0.4) is 0 Å². The van der Waals surface area contributed by atoms with Gasteiger partial charge in [0.2, 0.25) is 0 Å². The Bertz CT molecular complexity index is 280. The van der Waals surface area contributed by atoms with Gasteiger partial charge in [-0.05, 0) is 31.9 Å². The SMILES string of the molecule is CNC(CNC1CC1)Cc1ccccc1. The van der Waals surface area contributed by atoms with Crippen LogP contribution in [0.5, 0.6) is 0 Å². The lowest BCUT2D eigenvalue weighted by Crippen LogP contribution is -2.39. The van der Waals surface area contributed by atoms with E-state index in [0.717, 1.165) is 19.0 Å². The van der Waals surface area contributed by atoms with Crippen molar-refractivity contribution in [3.05, 3.63) is 35.9 Å². The third-order valence-corrected chi connectivity index (χ3v) is 2.96. The first-order valence-electron chi connectivity index (χ1n) is 5.83. The molecule has 1 unspecified atom stereocenters. The summed E-state index contributed by atoms with van der Waals surface area (Å²) in [6, 6.07) is 12.0. The Morgan fingerprint density at radius 3 is 2.60 bits per heavy atom. The highest BCUT2D eigenvalue weighted by Gasteiger charge is 2.21. The maximum Gasteiger partial charge on any atom is 0.0229 e. The van der Waals surface area contributed by atoms with Gasteiger partial charge in [0, 0.05) is 18.6 Å². The lowest BCUT2D eigenvalue weighted by Gasteiger charge is -2.16. The highest BCUT2D eigenvalue weighted by molar-refractivity contribution is 5.16. The van der Waals surface area contributed by atoms with Crippen molar-refractivity contribution in [1.29, 1.82) is 0 Å². The smallest absolute Gasteiger partial charge is 0.0229 e. The molecule has 1 aliphatic carbocycles. The monoisotopic (exact) mass is 204 g/mol. The van der Waals surface area contributed by atoms with Crippen molar-refractivity contribution in [2.75, 3.05) is 13.6 Å². The van der Waals surface area contributed by atoms with Gasteiger partial charge < -0.3 is 10.6 Å². The minimum absolute atomic E-state index is 0.549. The summed E-state index contributed by atoms with van der Waals surface area (Å²) < 4.78 is 0. The van der Waals surface area contributed by atoms with Crippen LogP contribution in [0.1, 0.15) is 18.4 Å². The van der Waals surface area contributed by atoms with E-state index in [1.807, 2.05) is 7.05 Å².